The highest BCUT2D eigenvalue weighted by Crippen LogP contribution is 2.26. The van der Waals surface area contributed by atoms with Crippen molar-refractivity contribution >= 4 is 31.6 Å². The molecule has 0 aliphatic heterocycles. The molecule has 0 unspecified atom stereocenters. The first-order chi connectivity index (χ1) is 9.79. The number of nitrogens with one attached hydrogen (secondary N) is 1. The lowest BCUT2D eigenvalue weighted by Gasteiger charge is -2.09. The van der Waals surface area contributed by atoms with Gasteiger partial charge in [-0.15, -0.1) is 0 Å². The molecule has 0 spiro atoms. The smallest absolute Gasteiger partial charge is 0.243 e. The van der Waals surface area contributed by atoms with E-state index in [1.807, 2.05) is 0 Å². The lowest BCUT2D eigenvalue weighted by Crippen LogP contribution is -2.25. The Morgan fingerprint density at radius 1 is 1.43 bits per heavy atom. The summed E-state index contributed by atoms with van der Waals surface area (Å²) in [6, 6.07) is 3.65. The van der Waals surface area contributed by atoms with Crippen molar-refractivity contribution in [2.24, 2.45) is 0 Å². The average molecular weight is 375 g/mol. The number of nitrogens with zero attached hydrogens (tertiary/aromatic N) is 2. The van der Waals surface area contributed by atoms with Crippen LogP contribution in [0.1, 0.15) is 11.5 Å². The van der Waals surface area contributed by atoms with Crippen molar-refractivity contribution in [3.63, 3.8) is 0 Å². The Kier molecular flexibility index (Phi) is 4.55. The molecule has 1 aromatic carbocycles. The van der Waals surface area contributed by atoms with Gasteiger partial charge in [-0.1, -0.05) is 0 Å². The van der Waals surface area contributed by atoms with Gasteiger partial charge in [0, 0.05) is 16.4 Å². The first kappa shape index (κ1) is 15.8. The number of hydrogen-bond acceptors (Lipinski definition) is 5. The summed E-state index contributed by atoms with van der Waals surface area (Å²) in [4.78, 5) is 7.46. The van der Waals surface area contributed by atoms with Crippen LogP contribution in [0, 0.1) is 12.7 Å². The normalized spacial score (nSPS) is 11.6. The molecule has 21 heavy (non-hydrogen) atoms. The molecular formula is C12H12BrFN4O2S. The third-order valence-corrected chi connectivity index (χ3v) is 4.72. The number of sulfonamides is 1. The highest BCUT2D eigenvalue weighted by molar-refractivity contribution is 9.10. The number of aromatic nitrogens is 2. The molecule has 0 aliphatic rings. The monoisotopic (exact) mass is 374 g/mol. The van der Waals surface area contributed by atoms with E-state index in [9.17, 15) is 12.8 Å². The summed E-state index contributed by atoms with van der Waals surface area (Å²) in [5.74, 6) is -0.367. The zero-order chi connectivity index (χ0) is 15.6. The molecule has 1 heterocycles. The van der Waals surface area contributed by atoms with E-state index in [4.69, 9.17) is 5.73 Å². The largest absolute Gasteiger partial charge is 0.398 e. The fraction of sp³-hybridized carbons (Fsp3) is 0.167. The van der Waals surface area contributed by atoms with Crippen LogP contribution in [0.25, 0.3) is 0 Å². The van der Waals surface area contributed by atoms with Crippen molar-refractivity contribution in [3.05, 3.63) is 46.2 Å². The van der Waals surface area contributed by atoms with Gasteiger partial charge in [-0.3, -0.25) is 0 Å². The highest BCUT2D eigenvalue weighted by Gasteiger charge is 2.20. The summed E-state index contributed by atoms with van der Waals surface area (Å²) < 4.78 is 40.6. The minimum atomic E-state index is -4.03. The Hall–Kier alpha value is -1.58. The van der Waals surface area contributed by atoms with Crippen molar-refractivity contribution in [1.82, 2.24) is 14.7 Å². The fourth-order valence-corrected chi connectivity index (χ4v) is 3.01. The van der Waals surface area contributed by atoms with Crippen LogP contribution in [-0.2, 0) is 16.6 Å². The topological polar surface area (TPSA) is 98.0 Å². The molecule has 0 fully saturated rings. The molecule has 1 aromatic heterocycles. The predicted octanol–water partition coefficient (Wildman–Crippen LogP) is 1.75. The van der Waals surface area contributed by atoms with E-state index in [0.717, 1.165) is 12.1 Å². The summed E-state index contributed by atoms with van der Waals surface area (Å²) in [6.45, 7) is 1.62. The average Bonchev–Trinajstić information content (AvgIpc) is 2.41. The summed E-state index contributed by atoms with van der Waals surface area (Å²) >= 11 is 3.03. The Labute approximate surface area is 129 Å². The third kappa shape index (κ3) is 3.74. The molecule has 2 rings (SSSR count). The number of halogens is 2. The van der Waals surface area contributed by atoms with Crippen LogP contribution in [0.15, 0.2) is 33.8 Å². The van der Waals surface area contributed by atoms with Gasteiger partial charge in [-0.2, -0.15) is 0 Å². The number of aryl methyl sites for hydroxylation is 1. The lowest BCUT2D eigenvalue weighted by atomic mass is 10.3. The summed E-state index contributed by atoms with van der Waals surface area (Å²) in [5, 5.41) is 0. The van der Waals surface area contributed by atoms with Crippen molar-refractivity contribution in [3.8, 4) is 0 Å². The van der Waals surface area contributed by atoms with E-state index >= 15 is 0 Å². The molecule has 0 saturated heterocycles. The molecular weight excluding hydrogens is 363 g/mol. The van der Waals surface area contributed by atoms with E-state index < -0.39 is 20.7 Å². The zero-order valence-corrected chi connectivity index (χ0v) is 13.4. The minimum absolute atomic E-state index is 0.0684. The summed E-state index contributed by atoms with van der Waals surface area (Å²) in [7, 11) is -4.03. The van der Waals surface area contributed by atoms with Gasteiger partial charge < -0.3 is 5.73 Å². The van der Waals surface area contributed by atoms with E-state index in [2.05, 4.69) is 30.6 Å². The van der Waals surface area contributed by atoms with Crippen LogP contribution in [0.5, 0.6) is 0 Å². The van der Waals surface area contributed by atoms with Gasteiger partial charge in [-0.05, 0) is 41.1 Å². The van der Waals surface area contributed by atoms with Crippen LogP contribution in [0.4, 0.5) is 10.1 Å². The maximum atomic E-state index is 13.8. The number of nitrogen functional groups attached to an aromatic ring is 1. The first-order valence-corrected chi connectivity index (χ1v) is 8.10. The van der Waals surface area contributed by atoms with Crippen LogP contribution in [-0.4, -0.2) is 18.4 Å². The van der Waals surface area contributed by atoms with Crippen molar-refractivity contribution < 1.29 is 12.8 Å². The molecule has 0 aliphatic carbocycles. The molecule has 0 amide bonds. The number of nitrogens with two attached hydrogens (primary N) is 1. The first-order valence-electron chi connectivity index (χ1n) is 5.82. The van der Waals surface area contributed by atoms with Gasteiger partial charge >= 0.3 is 0 Å². The maximum absolute atomic E-state index is 13.8. The second-order valence-electron chi connectivity index (χ2n) is 4.22. The minimum Gasteiger partial charge on any atom is -0.398 e. The van der Waals surface area contributed by atoms with Crippen LogP contribution >= 0.6 is 15.9 Å². The van der Waals surface area contributed by atoms with Gasteiger partial charge in [0.1, 0.15) is 16.5 Å². The van der Waals surface area contributed by atoms with Crippen LogP contribution < -0.4 is 10.5 Å². The summed E-state index contributed by atoms with van der Waals surface area (Å²) in [5.41, 5.74) is 6.20. The van der Waals surface area contributed by atoms with Gasteiger partial charge in [0.25, 0.3) is 0 Å². The van der Waals surface area contributed by atoms with Crippen molar-refractivity contribution in [2.45, 2.75) is 18.4 Å². The molecule has 6 nitrogen and oxygen atoms in total. The van der Waals surface area contributed by atoms with Crippen LogP contribution in [0.3, 0.4) is 0 Å². The van der Waals surface area contributed by atoms with Gasteiger partial charge in [0.15, 0.2) is 0 Å². The number of hydrogen-bond donors (Lipinski definition) is 2. The Bertz CT molecular complexity index is 783. The summed E-state index contributed by atoms with van der Waals surface area (Å²) in [6.07, 6.45) is 1.52. The second kappa shape index (κ2) is 6.04. The zero-order valence-electron chi connectivity index (χ0n) is 11.0. The molecule has 3 N–H and O–H groups in total. The number of benzene rings is 1. The standard InChI is InChI=1S/C12H12BrFN4O2S/c1-7-16-3-2-8(18-7)6-17-21(19,20)12-5-11(15)9(13)4-10(12)14/h2-5,17H,6,15H2,1H3. The van der Waals surface area contributed by atoms with E-state index in [-0.39, 0.29) is 12.2 Å². The lowest BCUT2D eigenvalue weighted by molar-refractivity contribution is 0.556. The van der Waals surface area contributed by atoms with Gasteiger partial charge in [-0.25, -0.2) is 27.5 Å². The SMILES string of the molecule is Cc1nccc(CNS(=O)(=O)c2cc(N)c(Br)cc2F)n1. The van der Waals surface area contributed by atoms with Crippen LogP contribution in [0.2, 0.25) is 0 Å². The molecule has 9 heteroatoms. The highest BCUT2D eigenvalue weighted by atomic mass is 79.9. The Morgan fingerprint density at radius 2 is 2.14 bits per heavy atom. The van der Waals surface area contributed by atoms with Gasteiger partial charge in [0.05, 0.1) is 12.2 Å². The van der Waals surface area contributed by atoms with Gasteiger partial charge in [0.2, 0.25) is 10.0 Å². The Balaban J connectivity index is 2.25. The van der Waals surface area contributed by atoms with E-state index in [0.29, 0.717) is 16.0 Å². The molecule has 0 radical (unpaired) electrons. The van der Waals surface area contributed by atoms with Crippen molar-refractivity contribution in [1.29, 1.82) is 0 Å². The van der Waals surface area contributed by atoms with Crippen molar-refractivity contribution in [2.75, 3.05) is 5.73 Å². The third-order valence-electron chi connectivity index (χ3n) is 2.62. The van der Waals surface area contributed by atoms with E-state index in [1.54, 1.807) is 13.0 Å². The number of rotatable bonds is 4. The van der Waals surface area contributed by atoms with E-state index in [1.165, 1.54) is 6.20 Å². The maximum Gasteiger partial charge on any atom is 0.243 e. The number of anilines is 1. The molecule has 0 saturated carbocycles. The Morgan fingerprint density at radius 3 is 2.81 bits per heavy atom. The molecule has 2 aromatic rings. The second-order valence-corrected chi connectivity index (χ2v) is 6.81. The molecule has 0 bridgehead atoms. The predicted molar refractivity (Wildman–Crippen MR) is 79.3 cm³/mol. The molecule has 112 valence electrons. The fourth-order valence-electron chi connectivity index (χ4n) is 1.60. The quantitative estimate of drug-likeness (QED) is 0.794. The molecule has 0 atom stereocenters.